The lowest BCUT2D eigenvalue weighted by Gasteiger charge is -2.09. The Bertz CT molecular complexity index is 663. The van der Waals surface area contributed by atoms with E-state index in [1.165, 1.54) is 18.4 Å². The Morgan fingerprint density at radius 2 is 1.55 bits per heavy atom. The zero-order valence-corrected chi connectivity index (χ0v) is 13.3. The molecule has 0 aliphatic heterocycles. The molecule has 0 spiro atoms. The fourth-order valence-electron chi connectivity index (χ4n) is 3.42. The SMILES string of the molecule is Cc1ccccc1-c1cccc(C)c1O.OC1CCC2CC12. The molecule has 2 N–H and O–H groups in total. The van der Waals surface area contributed by atoms with Crippen LogP contribution in [-0.2, 0) is 0 Å². The van der Waals surface area contributed by atoms with Crippen LogP contribution in [0.3, 0.4) is 0 Å². The molecule has 0 amide bonds. The molecule has 0 saturated heterocycles. The second-order valence-electron chi connectivity index (χ2n) is 6.59. The minimum absolute atomic E-state index is 0.0880. The van der Waals surface area contributed by atoms with Crippen LogP contribution in [0.4, 0.5) is 0 Å². The van der Waals surface area contributed by atoms with Crippen molar-refractivity contribution in [3.63, 3.8) is 0 Å². The van der Waals surface area contributed by atoms with Crippen molar-refractivity contribution in [2.75, 3.05) is 0 Å². The Morgan fingerprint density at radius 1 is 0.864 bits per heavy atom. The fourth-order valence-corrected chi connectivity index (χ4v) is 3.42. The quantitative estimate of drug-likeness (QED) is 0.816. The Hall–Kier alpha value is -1.80. The van der Waals surface area contributed by atoms with Gasteiger partial charge >= 0.3 is 0 Å². The van der Waals surface area contributed by atoms with Crippen molar-refractivity contribution in [3.05, 3.63) is 53.6 Å². The number of aliphatic hydroxyl groups excluding tert-OH is 1. The van der Waals surface area contributed by atoms with Crippen molar-refractivity contribution in [1.82, 2.24) is 0 Å². The third-order valence-corrected chi connectivity index (χ3v) is 4.98. The lowest BCUT2D eigenvalue weighted by molar-refractivity contribution is 0.159. The van der Waals surface area contributed by atoms with Crippen molar-refractivity contribution in [3.8, 4) is 16.9 Å². The van der Waals surface area contributed by atoms with Crippen LogP contribution in [0, 0.1) is 25.7 Å². The number of para-hydroxylation sites is 1. The lowest BCUT2D eigenvalue weighted by Crippen LogP contribution is -2.02. The van der Waals surface area contributed by atoms with Gasteiger partial charge in [0.2, 0.25) is 0 Å². The van der Waals surface area contributed by atoms with Gasteiger partial charge in [0, 0.05) is 5.56 Å². The van der Waals surface area contributed by atoms with Gasteiger partial charge in [-0.2, -0.15) is 0 Å². The Kier molecular flexibility index (Phi) is 4.21. The Morgan fingerprint density at radius 3 is 2.09 bits per heavy atom. The molecule has 2 aliphatic rings. The number of phenols is 1. The van der Waals surface area contributed by atoms with Gasteiger partial charge in [-0.1, -0.05) is 42.5 Å². The molecule has 2 aliphatic carbocycles. The largest absolute Gasteiger partial charge is 0.507 e. The molecule has 0 aromatic heterocycles. The highest BCUT2D eigenvalue weighted by Crippen LogP contribution is 2.51. The van der Waals surface area contributed by atoms with Gasteiger partial charge in [0.25, 0.3) is 0 Å². The number of aliphatic hydroxyl groups is 1. The van der Waals surface area contributed by atoms with E-state index in [0.29, 0.717) is 5.75 Å². The minimum Gasteiger partial charge on any atom is -0.507 e. The maximum Gasteiger partial charge on any atom is 0.126 e. The smallest absolute Gasteiger partial charge is 0.126 e. The van der Waals surface area contributed by atoms with Crippen molar-refractivity contribution in [2.45, 2.75) is 39.2 Å². The van der Waals surface area contributed by atoms with Gasteiger partial charge in [0.15, 0.2) is 0 Å². The number of aryl methyl sites for hydroxylation is 2. The summed E-state index contributed by atoms with van der Waals surface area (Å²) in [4.78, 5) is 0. The van der Waals surface area contributed by atoms with E-state index >= 15 is 0 Å². The van der Waals surface area contributed by atoms with E-state index in [0.717, 1.165) is 34.9 Å². The molecule has 0 radical (unpaired) electrons. The topological polar surface area (TPSA) is 40.5 Å². The molecule has 4 rings (SSSR count). The molecule has 2 nitrogen and oxygen atoms in total. The molecule has 2 fully saturated rings. The predicted molar refractivity (Wildman–Crippen MR) is 89.9 cm³/mol. The summed E-state index contributed by atoms with van der Waals surface area (Å²) in [5, 5.41) is 19.0. The summed E-state index contributed by atoms with van der Waals surface area (Å²) < 4.78 is 0. The standard InChI is InChI=1S/C14H14O.C6H10O/c1-10-6-3-4-8-12(10)13-9-5-7-11(2)14(13)15;7-6-2-1-4-3-5(4)6/h3-9,15H,1-2H3;4-7H,1-3H2. The molecule has 22 heavy (non-hydrogen) atoms. The predicted octanol–water partition coefficient (Wildman–Crippen LogP) is 4.45. The van der Waals surface area contributed by atoms with Crippen LogP contribution in [0.25, 0.3) is 11.1 Å². The highest BCUT2D eigenvalue weighted by Gasteiger charge is 2.47. The molecular weight excluding hydrogens is 272 g/mol. The van der Waals surface area contributed by atoms with E-state index in [2.05, 4.69) is 13.0 Å². The van der Waals surface area contributed by atoms with Crippen LogP contribution in [0.2, 0.25) is 0 Å². The fraction of sp³-hybridized carbons (Fsp3) is 0.400. The first kappa shape index (κ1) is 15.1. The Balaban J connectivity index is 0.000000169. The molecular formula is C20H24O2. The normalized spacial score (nSPS) is 25.1. The Labute approximate surface area is 132 Å². The monoisotopic (exact) mass is 296 g/mol. The van der Waals surface area contributed by atoms with Gasteiger partial charge in [-0.15, -0.1) is 0 Å². The summed E-state index contributed by atoms with van der Waals surface area (Å²) in [7, 11) is 0. The number of hydrogen-bond acceptors (Lipinski definition) is 2. The first-order chi connectivity index (χ1) is 10.6. The van der Waals surface area contributed by atoms with E-state index in [9.17, 15) is 5.11 Å². The first-order valence-corrected chi connectivity index (χ1v) is 8.10. The van der Waals surface area contributed by atoms with E-state index < -0.39 is 0 Å². The summed E-state index contributed by atoms with van der Waals surface area (Å²) in [5.41, 5.74) is 4.10. The average Bonchev–Trinajstić information content (AvgIpc) is 3.21. The third-order valence-electron chi connectivity index (χ3n) is 4.98. The zero-order valence-electron chi connectivity index (χ0n) is 13.3. The molecule has 0 heterocycles. The number of aromatic hydroxyl groups is 1. The van der Waals surface area contributed by atoms with Crippen molar-refractivity contribution in [1.29, 1.82) is 0 Å². The number of benzene rings is 2. The first-order valence-electron chi connectivity index (χ1n) is 8.10. The molecule has 3 unspecified atom stereocenters. The number of fused-ring (bicyclic) bond motifs is 1. The summed E-state index contributed by atoms with van der Waals surface area (Å²) >= 11 is 0. The van der Waals surface area contributed by atoms with Gasteiger partial charge in [0.1, 0.15) is 5.75 Å². The van der Waals surface area contributed by atoms with Crippen molar-refractivity contribution in [2.24, 2.45) is 11.8 Å². The second-order valence-corrected chi connectivity index (χ2v) is 6.59. The maximum absolute atomic E-state index is 9.98. The average molecular weight is 296 g/mol. The van der Waals surface area contributed by atoms with Crippen LogP contribution < -0.4 is 0 Å². The second kappa shape index (κ2) is 6.13. The van der Waals surface area contributed by atoms with Crippen molar-refractivity contribution >= 4 is 0 Å². The van der Waals surface area contributed by atoms with Gasteiger partial charge in [-0.25, -0.2) is 0 Å². The highest BCUT2D eigenvalue weighted by atomic mass is 16.3. The number of phenolic OH excluding ortho intramolecular Hbond substituents is 1. The zero-order chi connectivity index (χ0) is 15.7. The van der Waals surface area contributed by atoms with Gasteiger partial charge < -0.3 is 10.2 Å². The van der Waals surface area contributed by atoms with Crippen molar-refractivity contribution < 1.29 is 10.2 Å². The summed E-state index contributed by atoms with van der Waals surface area (Å²) in [6.07, 6.45) is 3.78. The van der Waals surface area contributed by atoms with Crippen LogP contribution in [0.5, 0.6) is 5.75 Å². The maximum atomic E-state index is 9.98. The van der Waals surface area contributed by atoms with Gasteiger partial charge in [-0.05, 0) is 61.6 Å². The van der Waals surface area contributed by atoms with Crippen LogP contribution >= 0.6 is 0 Å². The highest BCUT2D eigenvalue weighted by molar-refractivity contribution is 5.74. The third kappa shape index (κ3) is 3.02. The molecule has 116 valence electrons. The van der Waals surface area contributed by atoms with Crippen LogP contribution in [0.1, 0.15) is 30.4 Å². The summed E-state index contributed by atoms with van der Waals surface area (Å²) in [6.45, 7) is 3.97. The van der Waals surface area contributed by atoms with E-state index in [-0.39, 0.29) is 6.10 Å². The molecule has 2 saturated carbocycles. The molecule has 0 bridgehead atoms. The minimum atomic E-state index is 0.0880. The van der Waals surface area contributed by atoms with E-state index in [4.69, 9.17) is 5.11 Å². The van der Waals surface area contributed by atoms with Crippen LogP contribution in [-0.4, -0.2) is 16.3 Å². The number of hydrogen-bond donors (Lipinski definition) is 2. The summed E-state index contributed by atoms with van der Waals surface area (Å²) in [5.74, 6) is 2.06. The van der Waals surface area contributed by atoms with E-state index in [1.807, 2.05) is 43.3 Å². The molecule has 2 heteroatoms. The molecule has 2 aromatic carbocycles. The van der Waals surface area contributed by atoms with Gasteiger partial charge in [-0.3, -0.25) is 0 Å². The lowest BCUT2D eigenvalue weighted by atomic mass is 9.98. The summed E-state index contributed by atoms with van der Waals surface area (Å²) in [6, 6.07) is 13.9. The van der Waals surface area contributed by atoms with Gasteiger partial charge in [0.05, 0.1) is 6.10 Å². The molecule has 2 aromatic rings. The van der Waals surface area contributed by atoms with Crippen LogP contribution in [0.15, 0.2) is 42.5 Å². The molecule has 3 atom stereocenters. The van der Waals surface area contributed by atoms with E-state index in [1.54, 1.807) is 0 Å². The number of rotatable bonds is 1.